The second kappa shape index (κ2) is 9.68. The van der Waals surface area contributed by atoms with Crippen molar-refractivity contribution in [1.82, 2.24) is 18.9 Å². The van der Waals surface area contributed by atoms with Gasteiger partial charge in [-0.25, -0.2) is 9.20 Å². The van der Waals surface area contributed by atoms with E-state index in [9.17, 15) is 4.79 Å². The molecule has 5 nitrogen and oxygen atoms in total. The molecule has 5 aromatic carbocycles. The van der Waals surface area contributed by atoms with Crippen molar-refractivity contribution in [2.75, 3.05) is 0 Å². The van der Waals surface area contributed by atoms with Gasteiger partial charge in [-0.15, -0.1) is 0 Å². The van der Waals surface area contributed by atoms with E-state index in [1.807, 2.05) is 95.6 Å². The van der Waals surface area contributed by atoms with Crippen molar-refractivity contribution < 1.29 is 0 Å². The molecule has 0 spiro atoms. The fourth-order valence-corrected chi connectivity index (χ4v) is 5.84. The fourth-order valence-electron chi connectivity index (χ4n) is 5.84. The standard InChI is InChI=1S/C37H24N4O/c42-37-39-36(38-35-24-29(26-14-6-2-7-15-26)23-34(41(35)37)27-16-8-3-9-17-27)40-32-19-11-10-18-30(32)31-22-28(20-21-33(31)40)25-12-4-1-5-13-25/h1-24H. The molecule has 0 fully saturated rings. The maximum Gasteiger partial charge on any atom is 0.357 e. The maximum absolute atomic E-state index is 13.8. The molecule has 0 amide bonds. The lowest BCUT2D eigenvalue weighted by Crippen LogP contribution is -2.23. The summed E-state index contributed by atoms with van der Waals surface area (Å²) in [6.45, 7) is 0. The van der Waals surface area contributed by atoms with Gasteiger partial charge in [-0.05, 0) is 58.1 Å². The van der Waals surface area contributed by atoms with Crippen LogP contribution in [-0.2, 0) is 0 Å². The maximum atomic E-state index is 13.8. The SMILES string of the molecule is O=c1nc(-n2c3ccccc3c3cc(-c4ccccc4)ccc32)nc2cc(-c3ccccc3)cc(-c3ccccc3)n12. The number of fused-ring (bicyclic) bond motifs is 4. The Bertz CT molecular complexity index is 2310. The molecule has 0 saturated carbocycles. The third-order valence-electron chi connectivity index (χ3n) is 7.80. The van der Waals surface area contributed by atoms with Crippen LogP contribution >= 0.6 is 0 Å². The molecule has 8 aromatic rings. The summed E-state index contributed by atoms with van der Waals surface area (Å²) in [5, 5.41) is 2.16. The van der Waals surface area contributed by atoms with Crippen LogP contribution < -0.4 is 5.69 Å². The van der Waals surface area contributed by atoms with Gasteiger partial charge < -0.3 is 0 Å². The van der Waals surface area contributed by atoms with Gasteiger partial charge in [0, 0.05) is 10.8 Å². The Hall–Kier alpha value is -5.81. The van der Waals surface area contributed by atoms with Crippen molar-refractivity contribution in [3.05, 3.63) is 156 Å². The van der Waals surface area contributed by atoms with E-state index in [-0.39, 0.29) is 5.69 Å². The molecule has 0 aliphatic rings. The Morgan fingerprint density at radius 3 is 1.76 bits per heavy atom. The zero-order chi connectivity index (χ0) is 28.0. The molecule has 0 radical (unpaired) electrons. The summed E-state index contributed by atoms with van der Waals surface area (Å²) in [7, 11) is 0. The second-order valence-corrected chi connectivity index (χ2v) is 10.3. The molecule has 3 heterocycles. The highest BCUT2D eigenvalue weighted by atomic mass is 16.1. The van der Waals surface area contributed by atoms with Gasteiger partial charge in [0.25, 0.3) is 0 Å². The van der Waals surface area contributed by atoms with Crippen LogP contribution in [0.5, 0.6) is 0 Å². The monoisotopic (exact) mass is 540 g/mol. The Morgan fingerprint density at radius 1 is 0.452 bits per heavy atom. The van der Waals surface area contributed by atoms with Crippen LogP contribution in [0.4, 0.5) is 0 Å². The molecule has 0 bridgehead atoms. The van der Waals surface area contributed by atoms with Crippen molar-refractivity contribution in [3.63, 3.8) is 0 Å². The van der Waals surface area contributed by atoms with Crippen LogP contribution in [0.25, 0.3) is 66.9 Å². The first-order valence-electron chi connectivity index (χ1n) is 13.9. The number of nitrogens with zero attached hydrogens (tertiary/aromatic N) is 4. The van der Waals surface area contributed by atoms with Crippen molar-refractivity contribution in [2.45, 2.75) is 0 Å². The van der Waals surface area contributed by atoms with Crippen LogP contribution in [0.2, 0.25) is 0 Å². The van der Waals surface area contributed by atoms with Gasteiger partial charge in [0.2, 0.25) is 5.95 Å². The number of benzene rings is 5. The fraction of sp³-hybridized carbons (Fsp3) is 0. The van der Waals surface area contributed by atoms with E-state index in [0.717, 1.165) is 55.3 Å². The van der Waals surface area contributed by atoms with Gasteiger partial charge in [0.15, 0.2) is 0 Å². The van der Waals surface area contributed by atoms with Gasteiger partial charge in [0.1, 0.15) is 5.65 Å². The average Bonchev–Trinajstić information content (AvgIpc) is 3.39. The minimum atomic E-state index is -0.375. The molecule has 0 N–H and O–H groups in total. The quantitative estimate of drug-likeness (QED) is 0.226. The lowest BCUT2D eigenvalue weighted by molar-refractivity contribution is 0.890. The first-order valence-corrected chi connectivity index (χ1v) is 13.9. The molecule has 8 rings (SSSR count). The van der Waals surface area contributed by atoms with E-state index in [0.29, 0.717) is 11.6 Å². The zero-order valence-corrected chi connectivity index (χ0v) is 22.6. The first-order chi connectivity index (χ1) is 20.7. The van der Waals surface area contributed by atoms with E-state index in [1.165, 1.54) is 0 Å². The lowest BCUT2D eigenvalue weighted by Gasteiger charge is -2.13. The highest BCUT2D eigenvalue weighted by molar-refractivity contribution is 6.10. The summed E-state index contributed by atoms with van der Waals surface area (Å²) < 4.78 is 3.60. The third-order valence-corrected chi connectivity index (χ3v) is 7.80. The Balaban J connectivity index is 1.41. The van der Waals surface area contributed by atoms with Crippen LogP contribution in [-0.4, -0.2) is 18.9 Å². The molecule has 5 heteroatoms. The van der Waals surface area contributed by atoms with E-state index in [2.05, 4.69) is 59.6 Å². The average molecular weight is 541 g/mol. The second-order valence-electron chi connectivity index (χ2n) is 10.3. The highest BCUT2D eigenvalue weighted by Crippen LogP contribution is 2.34. The predicted octanol–water partition coefficient (Wildman–Crippen LogP) is 8.19. The zero-order valence-electron chi connectivity index (χ0n) is 22.6. The van der Waals surface area contributed by atoms with E-state index in [1.54, 1.807) is 4.40 Å². The summed E-state index contributed by atoms with van der Waals surface area (Å²) in [5.74, 6) is 0.350. The molecule has 0 unspecified atom stereocenters. The van der Waals surface area contributed by atoms with Crippen molar-refractivity contribution in [3.8, 4) is 39.5 Å². The van der Waals surface area contributed by atoms with Crippen molar-refractivity contribution >= 4 is 27.5 Å². The molecule has 0 atom stereocenters. The lowest BCUT2D eigenvalue weighted by atomic mass is 10.0. The van der Waals surface area contributed by atoms with E-state index < -0.39 is 0 Å². The normalized spacial score (nSPS) is 11.4. The van der Waals surface area contributed by atoms with Crippen molar-refractivity contribution in [1.29, 1.82) is 0 Å². The summed E-state index contributed by atoms with van der Waals surface area (Å²) in [4.78, 5) is 23.5. The third kappa shape index (κ3) is 3.91. The number of rotatable bonds is 4. The number of hydrogen-bond donors (Lipinski definition) is 0. The largest absolute Gasteiger partial charge is 0.357 e. The van der Waals surface area contributed by atoms with Gasteiger partial charge in [0.05, 0.1) is 16.7 Å². The number of aromatic nitrogens is 4. The molecule has 198 valence electrons. The van der Waals surface area contributed by atoms with Crippen LogP contribution in [0, 0.1) is 0 Å². The number of para-hydroxylation sites is 1. The first kappa shape index (κ1) is 24.0. The Labute approximate surface area is 241 Å². The molecule has 0 aliphatic heterocycles. The van der Waals surface area contributed by atoms with Gasteiger partial charge >= 0.3 is 5.69 Å². The topological polar surface area (TPSA) is 52.2 Å². The van der Waals surface area contributed by atoms with Crippen LogP contribution in [0.3, 0.4) is 0 Å². The molecule has 0 aliphatic carbocycles. The van der Waals surface area contributed by atoms with Gasteiger partial charge in [-0.3, -0.25) is 4.57 Å². The van der Waals surface area contributed by atoms with Crippen LogP contribution in [0.15, 0.2) is 150 Å². The summed E-state index contributed by atoms with van der Waals surface area (Å²) in [5.41, 5.74) is 8.04. The van der Waals surface area contributed by atoms with E-state index in [4.69, 9.17) is 4.98 Å². The number of pyridine rings is 1. The number of hydrogen-bond acceptors (Lipinski definition) is 3. The van der Waals surface area contributed by atoms with Gasteiger partial charge in [-0.1, -0.05) is 115 Å². The van der Waals surface area contributed by atoms with E-state index >= 15 is 0 Å². The molecular weight excluding hydrogens is 516 g/mol. The molecule has 3 aromatic heterocycles. The molecule has 42 heavy (non-hydrogen) atoms. The summed E-state index contributed by atoms with van der Waals surface area (Å²) >= 11 is 0. The van der Waals surface area contributed by atoms with Crippen molar-refractivity contribution in [2.24, 2.45) is 0 Å². The van der Waals surface area contributed by atoms with Gasteiger partial charge in [-0.2, -0.15) is 9.97 Å². The summed E-state index contributed by atoms with van der Waals surface area (Å²) in [6, 6.07) is 49.0. The summed E-state index contributed by atoms with van der Waals surface area (Å²) in [6.07, 6.45) is 0. The predicted molar refractivity (Wildman–Crippen MR) is 170 cm³/mol. The van der Waals surface area contributed by atoms with Crippen LogP contribution in [0.1, 0.15) is 0 Å². The minimum Gasteiger partial charge on any atom is -0.278 e. The highest BCUT2D eigenvalue weighted by Gasteiger charge is 2.18. The molecular formula is C37H24N4O. The Kier molecular flexibility index (Phi) is 5.54. The smallest absolute Gasteiger partial charge is 0.278 e. The Morgan fingerprint density at radius 2 is 1.05 bits per heavy atom. The molecule has 0 saturated heterocycles. The minimum absolute atomic E-state index is 0.350.